The van der Waals surface area contributed by atoms with Crippen LogP contribution < -0.4 is 10.1 Å². The highest BCUT2D eigenvalue weighted by Crippen LogP contribution is 2.25. The first-order valence-corrected chi connectivity index (χ1v) is 10.3. The van der Waals surface area contributed by atoms with E-state index in [1.54, 1.807) is 0 Å². The lowest BCUT2D eigenvalue weighted by molar-refractivity contribution is 0.454. The fraction of sp³-hybridized carbons (Fsp3) is 0.143. The monoisotopic (exact) mass is 404 g/mol. The Labute approximate surface area is 173 Å². The Balaban J connectivity index is 1.44. The number of nitrogens with zero attached hydrogens (tertiary/aromatic N) is 4. The van der Waals surface area contributed by atoms with Crippen molar-refractivity contribution in [1.29, 1.82) is 0 Å². The first-order chi connectivity index (χ1) is 14.1. The number of rotatable bonds is 6. The maximum Gasteiger partial charge on any atom is 0.226 e. The Hall–Kier alpha value is -3.39. The summed E-state index contributed by atoms with van der Waals surface area (Å²) in [5, 5.41) is 12.3. The van der Waals surface area contributed by atoms with Gasteiger partial charge < -0.3 is 15.0 Å². The number of aromatic amines is 1. The van der Waals surface area contributed by atoms with Crippen LogP contribution in [0.2, 0.25) is 0 Å². The van der Waals surface area contributed by atoms with Gasteiger partial charge in [-0.25, -0.2) is 4.98 Å². The van der Waals surface area contributed by atoms with E-state index in [0.717, 1.165) is 22.8 Å². The zero-order valence-corrected chi connectivity index (χ0v) is 17.1. The van der Waals surface area contributed by atoms with Gasteiger partial charge in [-0.05, 0) is 50.4 Å². The predicted octanol–water partition coefficient (Wildman–Crippen LogP) is 5.14. The molecule has 2 aromatic carbocycles. The Morgan fingerprint density at radius 1 is 0.966 bits per heavy atom. The molecule has 0 bridgehead atoms. The predicted molar refractivity (Wildman–Crippen MR) is 115 cm³/mol. The number of hydrogen-bond acceptors (Lipinski definition) is 7. The molecule has 0 saturated carbocycles. The molecule has 4 aromatic rings. The van der Waals surface area contributed by atoms with Crippen molar-refractivity contribution in [1.82, 2.24) is 25.1 Å². The number of ether oxygens (including phenoxy) is 1. The third-order valence-corrected chi connectivity index (χ3v) is 4.66. The summed E-state index contributed by atoms with van der Waals surface area (Å²) >= 11 is 1.48. The largest absolute Gasteiger partial charge is 0.439 e. The first-order valence-electron chi connectivity index (χ1n) is 9.03. The highest BCUT2D eigenvalue weighted by Gasteiger charge is 2.07. The van der Waals surface area contributed by atoms with Crippen LogP contribution >= 0.6 is 11.8 Å². The van der Waals surface area contributed by atoms with E-state index >= 15 is 0 Å². The minimum Gasteiger partial charge on any atom is -0.439 e. The smallest absolute Gasteiger partial charge is 0.226 e. The molecule has 146 valence electrons. The second kappa shape index (κ2) is 8.32. The zero-order chi connectivity index (χ0) is 20.2. The van der Waals surface area contributed by atoms with Crippen molar-refractivity contribution in [2.75, 3.05) is 11.6 Å². The summed E-state index contributed by atoms with van der Waals surface area (Å²) in [5.41, 5.74) is 3.91. The lowest BCUT2D eigenvalue weighted by Crippen LogP contribution is -1.95. The summed E-state index contributed by atoms with van der Waals surface area (Å²) in [6.07, 6.45) is 1.94. The molecule has 2 aromatic heterocycles. The molecular formula is C21H20N6OS. The standard InChI is InChI=1S/C21H20N6OS/c1-13-5-4-6-15(11-13)19-25-20(27-26-19)23-16-7-9-17(10-8-16)28-18-12-14(2)22-21(24-18)29-3/h4-12H,1-3H3,(H2,23,25,26,27). The molecule has 0 aliphatic heterocycles. The molecule has 0 atom stereocenters. The fourth-order valence-corrected chi connectivity index (χ4v) is 3.18. The molecule has 0 unspecified atom stereocenters. The summed E-state index contributed by atoms with van der Waals surface area (Å²) in [6, 6.07) is 17.5. The minimum atomic E-state index is 0.528. The summed E-state index contributed by atoms with van der Waals surface area (Å²) in [5.74, 6) is 2.52. The van der Waals surface area contributed by atoms with Gasteiger partial charge in [0.05, 0.1) is 0 Å². The molecule has 2 N–H and O–H groups in total. The van der Waals surface area contributed by atoms with E-state index in [1.807, 2.05) is 68.6 Å². The normalized spacial score (nSPS) is 10.7. The van der Waals surface area contributed by atoms with Crippen molar-refractivity contribution in [3.05, 3.63) is 65.9 Å². The van der Waals surface area contributed by atoms with Gasteiger partial charge in [0.1, 0.15) is 5.75 Å². The number of anilines is 2. The quantitative estimate of drug-likeness (QED) is 0.340. The number of aromatic nitrogens is 5. The molecule has 0 amide bonds. The van der Waals surface area contributed by atoms with Crippen LogP contribution in [0.1, 0.15) is 11.3 Å². The fourth-order valence-electron chi connectivity index (χ4n) is 2.76. The summed E-state index contributed by atoms with van der Waals surface area (Å²) in [4.78, 5) is 11.9. The molecule has 0 radical (unpaired) electrons. The molecular weight excluding hydrogens is 384 g/mol. The van der Waals surface area contributed by atoms with Gasteiger partial charge in [-0.1, -0.05) is 35.5 Å². The number of nitrogens with one attached hydrogen (secondary N) is 2. The van der Waals surface area contributed by atoms with Crippen LogP contribution in [0.3, 0.4) is 0 Å². The van der Waals surface area contributed by atoms with Crippen LogP contribution in [0.4, 0.5) is 11.6 Å². The van der Waals surface area contributed by atoms with Crippen LogP contribution in [-0.4, -0.2) is 31.4 Å². The minimum absolute atomic E-state index is 0.528. The molecule has 0 saturated heterocycles. The molecule has 0 aliphatic carbocycles. The van der Waals surface area contributed by atoms with E-state index in [9.17, 15) is 0 Å². The van der Waals surface area contributed by atoms with Crippen molar-refractivity contribution in [2.45, 2.75) is 19.0 Å². The first kappa shape index (κ1) is 18.9. The van der Waals surface area contributed by atoms with E-state index in [4.69, 9.17) is 4.74 Å². The summed E-state index contributed by atoms with van der Waals surface area (Å²) < 4.78 is 5.85. The highest BCUT2D eigenvalue weighted by atomic mass is 32.2. The average Bonchev–Trinajstić information content (AvgIpc) is 3.17. The molecule has 2 heterocycles. The molecule has 7 nitrogen and oxygen atoms in total. The molecule has 4 rings (SSSR count). The van der Waals surface area contributed by atoms with Gasteiger partial charge in [0, 0.05) is 23.0 Å². The van der Waals surface area contributed by atoms with E-state index in [2.05, 4.69) is 36.5 Å². The number of aryl methyl sites for hydroxylation is 2. The van der Waals surface area contributed by atoms with Crippen LogP contribution in [0.5, 0.6) is 11.6 Å². The van der Waals surface area contributed by atoms with Crippen LogP contribution in [0.15, 0.2) is 59.8 Å². The third-order valence-electron chi connectivity index (χ3n) is 4.11. The van der Waals surface area contributed by atoms with Crippen molar-refractivity contribution in [3.63, 3.8) is 0 Å². The van der Waals surface area contributed by atoms with Crippen molar-refractivity contribution in [2.24, 2.45) is 0 Å². The van der Waals surface area contributed by atoms with Gasteiger partial charge in [-0.2, -0.15) is 4.98 Å². The third kappa shape index (κ3) is 4.72. The van der Waals surface area contributed by atoms with Gasteiger partial charge in [0.25, 0.3) is 0 Å². The second-order valence-electron chi connectivity index (χ2n) is 6.48. The number of H-pyrrole nitrogens is 1. The zero-order valence-electron chi connectivity index (χ0n) is 16.3. The van der Waals surface area contributed by atoms with Gasteiger partial charge >= 0.3 is 0 Å². The molecule has 29 heavy (non-hydrogen) atoms. The molecule has 0 spiro atoms. The van der Waals surface area contributed by atoms with E-state index in [-0.39, 0.29) is 0 Å². The molecule has 0 aliphatic rings. The average molecular weight is 404 g/mol. The SMILES string of the molecule is CSc1nc(C)cc(Oc2ccc(Nc3nnc(-c4cccc(C)c4)[nH]3)cc2)n1. The van der Waals surface area contributed by atoms with Gasteiger partial charge in [0.15, 0.2) is 11.0 Å². The van der Waals surface area contributed by atoms with E-state index < -0.39 is 0 Å². The molecule has 0 fully saturated rings. The lowest BCUT2D eigenvalue weighted by atomic mass is 10.1. The Bertz CT molecular complexity index is 1130. The number of benzene rings is 2. The van der Waals surface area contributed by atoms with E-state index in [1.165, 1.54) is 17.3 Å². The van der Waals surface area contributed by atoms with Gasteiger partial charge in [-0.15, -0.1) is 10.2 Å². The maximum absolute atomic E-state index is 5.85. The van der Waals surface area contributed by atoms with Crippen molar-refractivity contribution >= 4 is 23.4 Å². The van der Waals surface area contributed by atoms with Gasteiger partial charge in [-0.3, -0.25) is 0 Å². The number of thioether (sulfide) groups is 1. The van der Waals surface area contributed by atoms with Gasteiger partial charge in [0.2, 0.25) is 11.8 Å². The van der Waals surface area contributed by atoms with Crippen LogP contribution in [-0.2, 0) is 0 Å². The Morgan fingerprint density at radius 3 is 2.55 bits per heavy atom. The summed E-state index contributed by atoms with van der Waals surface area (Å²) in [6.45, 7) is 3.97. The van der Waals surface area contributed by atoms with Crippen LogP contribution in [0.25, 0.3) is 11.4 Å². The second-order valence-corrected chi connectivity index (χ2v) is 7.25. The van der Waals surface area contributed by atoms with Crippen molar-refractivity contribution < 1.29 is 4.74 Å². The Kier molecular flexibility index (Phi) is 5.44. The summed E-state index contributed by atoms with van der Waals surface area (Å²) in [7, 11) is 0. The number of hydrogen-bond donors (Lipinski definition) is 2. The highest BCUT2D eigenvalue weighted by molar-refractivity contribution is 7.98. The maximum atomic E-state index is 5.85. The van der Waals surface area contributed by atoms with Crippen LogP contribution in [0, 0.1) is 13.8 Å². The lowest BCUT2D eigenvalue weighted by Gasteiger charge is -2.08. The molecule has 8 heteroatoms. The Morgan fingerprint density at radius 2 is 1.79 bits per heavy atom. The van der Waals surface area contributed by atoms with E-state index in [0.29, 0.717) is 22.7 Å². The topological polar surface area (TPSA) is 88.6 Å². The van der Waals surface area contributed by atoms with Crippen molar-refractivity contribution in [3.8, 4) is 23.0 Å².